The molecule has 0 aliphatic heterocycles. The molecule has 1 aromatic carbocycles. The zero-order chi connectivity index (χ0) is 19.3. The maximum Gasteiger partial charge on any atom is 0.328 e. The quantitative estimate of drug-likeness (QED) is 0.524. The molecule has 4 heterocycles. The van der Waals surface area contributed by atoms with Crippen LogP contribution < -0.4 is 5.69 Å². The van der Waals surface area contributed by atoms with E-state index in [2.05, 4.69) is 19.9 Å². The zero-order valence-electron chi connectivity index (χ0n) is 14.3. The molecule has 0 atom stereocenters. The van der Waals surface area contributed by atoms with Crippen LogP contribution in [0.4, 0.5) is 8.78 Å². The molecule has 5 rings (SSSR count). The standard InChI is InChI=1S/C19H12F2N6O/c20-12-5-4-11(7-13(12)21)10-27-18-14(24-19(27)28)8-23-17(25-18)15-9-22-16-3-1-2-6-26(15)16/h1-9H,10H2,(H,24,28). The Balaban J connectivity index is 1.64. The van der Waals surface area contributed by atoms with Gasteiger partial charge >= 0.3 is 5.69 Å². The fourth-order valence-corrected chi connectivity index (χ4v) is 3.13. The molecule has 9 heteroatoms. The molecule has 28 heavy (non-hydrogen) atoms. The van der Waals surface area contributed by atoms with E-state index < -0.39 is 17.3 Å². The van der Waals surface area contributed by atoms with Crippen molar-refractivity contribution >= 4 is 16.8 Å². The number of H-pyrrole nitrogens is 1. The Labute approximate surface area is 156 Å². The minimum absolute atomic E-state index is 0.0413. The number of hydrogen-bond acceptors (Lipinski definition) is 4. The third kappa shape index (κ3) is 2.56. The average molecular weight is 378 g/mol. The van der Waals surface area contributed by atoms with Gasteiger partial charge in [-0.15, -0.1) is 0 Å². The molecule has 0 aliphatic rings. The smallest absolute Gasteiger partial charge is 0.303 e. The SMILES string of the molecule is O=c1[nH]c2cnc(-c3cnc4ccccn34)nc2n1Cc1ccc(F)c(F)c1. The van der Waals surface area contributed by atoms with Crippen LogP contribution in [0, 0.1) is 11.6 Å². The van der Waals surface area contributed by atoms with E-state index >= 15 is 0 Å². The molecule has 0 saturated heterocycles. The van der Waals surface area contributed by atoms with Crippen molar-refractivity contribution in [2.45, 2.75) is 6.54 Å². The summed E-state index contributed by atoms with van der Waals surface area (Å²) in [7, 11) is 0. The number of aromatic nitrogens is 6. The fraction of sp³-hybridized carbons (Fsp3) is 0.0526. The third-order valence-corrected chi connectivity index (χ3v) is 4.48. The lowest BCUT2D eigenvalue weighted by Crippen LogP contribution is -2.18. The monoisotopic (exact) mass is 378 g/mol. The highest BCUT2D eigenvalue weighted by Gasteiger charge is 2.14. The molecule has 1 N–H and O–H groups in total. The van der Waals surface area contributed by atoms with E-state index in [0.29, 0.717) is 28.2 Å². The first-order chi connectivity index (χ1) is 13.6. The zero-order valence-corrected chi connectivity index (χ0v) is 14.3. The lowest BCUT2D eigenvalue weighted by atomic mass is 10.2. The number of nitrogens with one attached hydrogen (secondary N) is 1. The van der Waals surface area contributed by atoms with Crippen LogP contribution in [0.25, 0.3) is 28.3 Å². The summed E-state index contributed by atoms with van der Waals surface area (Å²) < 4.78 is 29.9. The lowest BCUT2D eigenvalue weighted by molar-refractivity contribution is 0.506. The second-order valence-corrected chi connectivity index (χ2v) is 6.27. The highest BCUT2D eigenvalue weighted by atomic mass is 19.2. The molecule has 5 aromatic rings. The molecule has 0 aliphatic carbocycles. The Morgan fingerprint density at radius 2 is 1.93 bits per heavy atom. The van der Waals surface area contributed by atoms with E-state index in [4.69, 9.17) is 0 Å². The Bertz CT molecular complexity index is 1400. The highest BCUT2D eigenvalue weighted by Crippen LogP contribution is 2.19. The summed E-state index contributed by atoms with van der Waals surface area (Å²) in [5.74, 6) is -1.51. The summed E-state index contributed by atoms with van der Waals surface area (Å²) >= 11 is 0. The van der Waals surface area contributed by atoms with E-state index in [1.807, 2.05) is 28.8 Å². The number of imidazole rings is 2. The van der Waals surface area contributed by atoms with Gasteiger partial charge in [0.2, 0.25) is 0 Å². The molecule has 4 aromatic heterocycles. The molecule has 0 fully saturated rings. The predicted octanol–water partition coefficient (Wildman–Crippen LogP) is 2.76. The molecule has 0 unspecified atom stereocenters. The van der Waals surface area contributed by atoms with Crippen LogP contribution in [0.2, 0.25) is 0 Å². The number of fused-ring (bicyclic) bond motifs is 2. The van der Waals surface area contributed by atoms with Crippen LogP contribution >= 0.6 is 0 Å². The number of pyridine rings is 1. The first-order valence-corrected chi connectivity index (χ1v) is 8.42. The van der Waals surface area contributed by atoms with Gasteiger partial charge in [-0.25, -0.2) is 28.5 Å². The average Bonchev–Trinajstić information content (AvgIpc) is 3.26. The van der Waals surface area contributed by atoms with Crippen molar-refractivity contribution in [3.63, 3.8) is 0 Å². The molecule has 0 radical (unpaired) electrons. The van der Waals surface area contributed by atoms with Crippen LogP contribution in [-0.4, -0.2) is 28.9 Å². The van der Waals surface area contributed by atoms with Gasteiger partial charge in [-0.2, -0.15) is 0 Å². The van der Waals surface area contributed by atoms with Crippen LogP contribution in [-0.2, 0) is 6.54 Å². The maximum atomic E-state index is 13.5. The number of benzene rings is 1. The van der Waals surface area contributed by atoms with Gasteiger partial charge in [0.05, 0.1) is 18.9 Å². The van der Waals surface area contributed by atoms with Gasteiger partial charge < -0.3 is 4.98 Å². The second-order valence-electron chi connectivity index (χ2n) is 6.27. The van der Waals surface area contributed by atoms with Gasteiger partial charge in [-0.05, 0) is 29.8 Å². The van der Waals surface area contributed by atoms with Crippen molar-refractivity contribution in [1.82, 2.24) is 28.9 Å². The maximum absolute atomic E-state index is 13.5. The number of aromatic amines is 1. The minimum Gasteiger partial charge on any atom is -0.303 e. The van der Waals surface area contributed by atoms with Crippen molar-refractivity contribution < 1.29 is 8.78 Å². The van der Waals surface area contributed by atoms with E-state index in [-0.39, 0.29) is 6.54 Å². The molecular weight excluding hydrogens is 366 g/mol. The van der Waals surface area contributed by atoms with Gasteiger partial charge in [-0.1, -0.05) is 12.1 Å². The van der Waals surface area contributed by atoms with Gasteiger partial charge in [0, 0.05) is 6.20 Å². The Hall–Kier alpha value is -3.88. The summed E-state index contributed by atoms with van der Waals surface area (Å²) in [6, 6.07) is 9.12. The lowest BCUT2D eigenvalue weighted by Gasteiger charge is -2.05. The van der Waals surface area contributed by atoms with E-state index in [1.165, 1.54) is 16.8 Å². The number of hydrogen-bond donors (Lipinski definition) is 1. The van der Waals surface area contributed by atoms with Crippen molar-refractivity contribution in [2.75, 3.05) is 0 Å². The van der Waals surface area contributed by atoms with Crippen LogP contribution in [0.15, 0.2) is 59.8 Å². The molecule has 0 spiro atoms. The normalized spacial score (nSPS) is 11.5. The number of halogens is 2. The molecule has 0 bridgehead atoms. The van der Waals surface area contributed by atoms with Gasteiger partial charge in [-0.3, -0.25) is 8.97 Å². The largest absolute Gasteiger partial charge is 0.328 e. The summed E-state index contributed by atoms with van der Waals surface area (Å²) in [6.07, 6.45) is 5.01. The summed E-state index contributed by atoms with van der Waals surface area (Å²) in [5, 5.41) is 0. The van der Waals surface area contributed by atoms with Crippen LogP contribution in [0.5, 0.6) is 0 Å². The van der Waals surface area contributed by atoms with Crippen LogP contribution in [0.1, 0.15) is 5.56 Å². The molecule has 7 nitrogen and oxygen atoms in total. The molecule has 0 saturated carbocycles. The topological polar surface area (TPSA) is 80.9 Å². The molecule has 0 amide bonds. The van der Waals surface area contributed by atoms with E-state index in [9.17, 15) is 13.6 Å². The van der Waals surface area contributed by atoms with E-state index in [1.54, 1.807) is 6.20 Å². The van der Waals surface area contributed by atoms with E-state index in [0.717, 1.165) is 17.8 Å². The summed E-state index contributed by atoms with van der Waals surface area (Å²) in [5.41, 5.74) is 2.26. The fourth-order valence-electron chi connectivity index (χ4n) is 3.13. The van der Waals surface area contributed by atoms with Crippen molar-refractivity contribution in [3.8, 4) is 11.5 Å². The number of nitrogens with zero attached hydrogens (tertiary/aromatic N) is 5. The molecular formula is C19H12F2N6O. The Morgan fingerprint density at radius 3 is 2.79 bits per heavy atom. The second kappa shape index (κ2) is 6.08. The third-order valence-electron chi connectivity index (χ3n) is 4.48. The summed E-state index contributed by atoms with van der Waals surface area (Å²) in [6.45, 7) is 0.0413. The Kier molecular flexibility index (Phi) is 3.54. The minimum atomic E-state index is -0.966. The van der Waals surface area contributed by atoms with Gasteiger partial charge in [0.1, 0.15) is 16.9 Å². The Morgan fingerprint density at radius 1 is 1.04 bits per heavy atom. The summed E-state index contributed by atoms with van der Waals surface area (Å²) in [4.78, 5) is 28.2. The van der Waals surface area contributed by atoms with Crippen molar-refractivity contribution in [2.24, 2.45) is 0 Å². The van der Waals surface area contributed by atoms with Crippen molar-refractivity contribution in [1.29, 1.82) is 0 Å². The first kappa shape index (κ1) is 16.3. The first-order valence-electron chi connectivity index (χ1n) is 8.42. The van der Waals surface area contributed by atoms with Crippen LogP contribution in [0.3, 0.4) is 0 Å². The van der Waals surface area contributed by atoms with Gasteiger partial charge in [0.25, 0.3) is 0 Å². The molecule has 138 valence electrons. The van der Waals surface area contributed by atoms with Crippen molar-refractivity contribution in [3.05, 3.63) is 82.7 Å². The number of rotatable bonds is 3. The predicted molar refractivity (Wildman–Crippen MR) is 97.8 cm³/mol. The highest BCUT2D eigenvalue weighted by molar-refractivity contribution is 5.72. The van der Waals surface area contributed by atoms with Gasteiger partial charge in [0.15, 0.2) is 23.1 Å².